The van der Waals surface area contributed by atoms with E-state index in [1.165, 1.54) is 17.2 Å². The molecule has 2 unspecified atom stereocenters. The molecule has 35 heavy (non-hydrogen) atoms. The number of nitrogens with zero attached hydrogens (tertiary/aromatic N) is 2. The van der Waals surface area contributed by atoms with Crippen LogP contribution in [0, 0.1) is 17.2 Å². The molecule has 1 N–H and O–H groups in total. The van der Waals surface area contributed by atoms with Gasteiger partial charge in [0.25, 0.3) is 5.91 Å². The number of pyridine rings is 1. The predicted octanol–water partition coefficient (Wildman–Crippen LogP) is 4.16. The van der Waals surface area contributed by atoms with Gasteiger partial charge >= 0.3 is 0 Å². The van der Waals surface area contributed by atoms with Gasteiger partial charge in [0.15, 0.2) is 6.23 Å². The fourth-order valence-corrected chi connectivity index (χ4v) is 5.07. The molecule has 1 aromatic carbocycles. The van der Waals surface area contributed by atoms with Gasteiger partial charge < -0.3 is 24.3 Å². The number of amides is 1. The molecular formula is C26H28ClFN2O5. The minimum absolute atomic E-state index is 0.0779. The van der Waals surface area contributed by atoms with Gasteiger partial charge in [-0.05, 0) is 68.4 Å². The number of carbonyl (C=O) groups is 2. The molecule has 1 aromatic heterocycles. The Hall–Kier alpha value is -2.39. The summed E-state index contributed by atoms with van der Waals surface area (Å²) in [4.78, 5) is 30.7. The number of ether oxygens (including phenoxy) is 2. The van der Waals surface area contributed by atoms with Crippen molar-refractivity contribution < 1.29 is 28.6 Å². The van der Waals surface area contributed by atoms with Crippen LogP contribution in [0.2, 0.25) is 5.02 Å². The molecule has 0 bridgehead atoms. The number of benzene rings is 1. The van der Waals surface area contributed by atoms with Crippen LogP contribution in [-0.2, 0) is 26.4 Å². The van der Waals surface area contributed by atoms with Gasteiger partial charge in [-0.15, -0.1) is 0 Å². The standard InChI is InChI=1S/C26H28ClFN2O5/c1-25(33,16-4-8-34-9-5-16)17-10-20-22(21(28)11-17)24(35-15-26(14-31)6-7-26)30(23(20)32)13-19-3-2-18(27)12-29-19/h2-3,10-12,14,16,24,33H,4-9,13,15H2,1H3. The lowest BCUT2D eigenvalue weighted by molar-refractivity contribution is -0.118. The highest BCUT2D eigenvalue weighted by molar-refractivity contribution is 6.30. The predicted molar refractivity (Wildman–Crippen MR) is 125 cm³/mol. The Morgan fingerprint density at radius 2 is 2.09 bits per heavy atom. The summed E-state index contributed by atoms with van der Waals surface area (Å²) in [7, 11) is 0. The molecule has 0 radical (unpaired) electrons. The number of rotatable bonds is 8. The minimum atomic E-state index is -1.32. The van der Waals surface area contributed by atoms with Gasteiger partial charge in [0, 0.05) is 30.4 Å². The molecule has 2 atom stereocenters. The number of hydrogen-bond acceptors (Lipinski definition) is 6. The average Bonchev–Trinajstić information content (AvgIpc) is 3.60. The number of fused-ring (bicyclic) bond motifs is 1. The second-order valence-electron chi connectivity index (χ2n) is 10.00. The number of hydrogen-bond donors (Lipinski definition) is 1. The van der Waals surface area contributed by atoms with Crippen LogP contribution in [0.5, 0.6) is 0 Å². The van der Waals surface area contributed by atoms with E-state index >= 15 is 4.39 Å². The minimum Gasteiger partial charge on any atom is -0.385 e. The molecule has 1 amide bonds. The topological polar surface area (TPSA) is 89.0 Å². The maximum atomic E-state index is 15.7. The fourth-order valence-electron chi connectivity index (χ4n) is 4.95. The van der Waals surface area contributed by atoms with E-state index in [-0.39, 0.29) is 30.2 Å². The van der Waals surface area contributed by atoms with Gasteiger partial charge in [-0.1, -0.05) is 11.6 Å². The van der Waals surface area contributed by atoms with Crippen molar-refractivity contribution in [1.82, 2.24) is 9.88 Å². The van der Waals surface area contributed by atoms with Gasteiger partial charge in [-0.25, -0.2) is 4.39 Å². The van der Waals surface area contributed by atoms with Crippen LogP contribution in [0.25, 0.3) is 0 Å². The summed E-state index contributed by atoms with van der Waals surface area (Å²) in [6, 6.07) is 6.24. The zero-order valence-corrected chi connectivity index (χ0v) is 20.3. The summed E-state index contributed by atoms with van der Waals surface area (Å²) in [5.41, 5.74) is -0.698. The van der Waals surface area contributed by atoms with Crippen LogP contribution >= 0.6 is 11.6 Å². The molecule has 2 aliphatic heterocycles. The van der Waals surface area contributed by atoms with Crippen molar-refractivity contribution in [3.05, 3.63) is 63.7 Å². The van der Waals surface area contributed by atoms with Crippen LogP contribution in [0.3, 0.4) is 0 Å². The van der Waals surface area contributed by atoms with Crippen LogP contribution in [0.15, 0.2) is 30.5 Å². The third-order valence-electron chi connectivity index (χ3n) is 7.54. The average molecular weight is 503 g/mol. The van der Waals surface area contributed by atoms with Crippen LogP contribution in [-0.4, -0.2) is 47.0 Å². The molecule has 186 valence electrons. The largest absolute Gasteiger partial charge is 0.385 e. The maximum Gasteiger partial charge on any atom is 0.257 e. The first-order valence-electron chi connectivity index (χ1n) is 11.9. The Morgan fingerprint density at radius 1 is 1.34 bits per heavy atom. The lowest BCUT2D eigenvalue weighted by atomic mass is 9.78. The van der Waals surface area contributed by atoms with Crippen molar-refractivity contribution in [1.29, 1.82) is 0 Å². The molecule has 7 nitrogen and oxygen atoms in total. The van der Waals surface area contributed by atoms with Crippen molar-refractivity contribution in [2.45, 2.75) is 51.0 Å². The molecule has 3 aliphatic rings. The van der Waals surface area contributed by atoms with Gasteiger partial charge in [0.2, 0.25) is 0 Å². The van der Waals surface area contributed by atoms with E-state index in [9.17, 15) is 14.7 Å². The summed E-state index contributed by atoms with van der Waals surface area (Å²) in [6.45, 7) is 2.90. The number of carbonyl (C=O) groups excluding carboxylic acids is 2. The molecule has 1 saturated carbocycles. The SMILES string of the molecule is CC(O)(c1cc(F)c2c(c1)C(=O)N(Cc1ccc(Cl)cn1)C2OCC1(C=O)CC1)C1CCOCC1. The zero-order valence-electron chi connectivity index (χ0n) is 19.5. The summed E-state index contributed by atoms with van der Waals surface area (Å²) in [5.74, 6) is -1.15. The van der Waals surface area contributed by atoms with Crippen LogP contribution < -0.4 is 0 Å². The molecule has 2 fully saturated rings. The number of aromatic nitrogens is 1. The highest BCUT2D eigenvalue weighted by Gasteiger charge is 2.47. The van der Waals surface area contributed by atoms with Crippen molar-refractivity contribution in [3.8, 4) is 0 Å². The van der Waals surface area contributed by atoms with Crippen molar-refractivity contribution in [3.63, 3.8) is 0 Å². The third kappa shape index (κ3) is 4.60. The van der Waals surface area contributed by atoms with Gasteiger partial charge in [-0.2, -0.15) is 0 Å². The van der Waals surface area contributed by atoms with E-state index in [2.05, 4.69) is 4.98 Å². The van der Waals surface area contributed by atoms with E-state index in [1.807, 2.05) is 0 Å². The van der Waals surface area contributed by atoms with E-state index in [0.29, 0.717) is 55.2 Å². The van der Waals surface area contributed by atoms with Gasteiger partial charge in [0.1, 0.15) is 12.1 Å². The van der Waals surface area contributed by atoms with E-state index < -0.39 is 29.0 Å². The van der Waals surface area contributed by atoms with Crippen molar-refractivity contribution >= 4 is 23.8 Å². The molecule has 3 heterocycles. The second kappa shape index (κ2) is 9.24. The van der Waals surface area contributed by atoms with Gasteiger partial charge in [-0.3, -0.25) is 9.78 Å². The lowest BCUT2D eigenvalue weighted by Crippen LogP contribution is -2.36. The summed E-state index contributed by atoms with van der Waals surface area (Å²) < 4.78 is 27.1. The molecule has 1 aliphatic carbocycles. The van der Waals surface area contributed by atoms with E-state index in [1.54, 1.807) is 25.1 Å². The molecule has 5 rings (SSSR count). The first-order chi connectivity index (χ1) is 16.7. The molecule has 9 heteroatoms. The van der Waals surface area contributed by atoms with Crippen molar-refractivity contribution in [2.24, 2.45) is 11.3 Å². The Morgan fingerprint density at radius 3 is 2.71 bits per heavy atom. The first kappa shape index (κ1) is 24.3. The number of aliphatic hydroxyl groups is 1. The number of aldehydes is 1. The second-order valence-corrected chi connectivity index (χ2v) is 10.4. The Balaban J connectivity index is 1.50. The van der Waals surface area contributed by atoms with E-state index in [0.717, 1.165) is 6.29 Å². The highest BCUT2D eigenvalue weighted by Crippen LogP contribution is 2.47. The highest BCUT2D eigenvalue weighted by atomic mass is 35.5. The summed E-state index contributed by atoms with van der Waals surface area (Å²) >= 11 is 5.94. The zero-order chi connectivity index (χ0) is 24.8. The molecule has 0 spiro atoms. The summed E-state index contributed by atoms with van der Waals surface area (Å²) in [5, 5.41) is 11.8. The lowest BCUT2D eigenvalue weighted by Gasteiger charge is -2.36. The third-order valence-corrected chi connectivity index (χ3v) is 7.77. The normalized spacial score (nSPS) is 23.1. The Labute approximate surface area is 208 Å². The first-order valence-corrected chi connectivity index (χ1v) is 12.3. The number of halogens is 2. The molecule has 1 saturated heterocycles. The maximum absolute atomic E-state index is 15.7. The quantitative estimate of drug-likeness (QED) is 0.545. The van der Waals surface area contributed by atoms with Crippen molar-refractivity contribution in [2.75, 3.05) is 19.8 Å². The summed E-state index contributed by atoms with van der Waals surface area (Å²) in [6.07, 6.45) is 4.06. The van der Waals surface area contributed by atoms with Gasteiger partial charge in [0.05, 0.1) is 35.0 Å². The van der Waals surface area contributed by atoms with E-state index in [4.69, 9.17) is 21.1 Å². The van der Waals surface area contributed by atoms with Crippen LogP contribution in [0.1, 0.15) is 66.0 Å². The molecule has 2 aromatic rings. The monoisotopic (exact) mass is 502 g/mol. The fraction of sp³-hybridized carbons (Fsp3) is 0.500. The Bertz CT molecular complexity index is 1130. The van der Waals surface area contributed by atoms with Crippen LogP contribution in [0.4, 0.5) is 4.39 Å². The Kier molecular flexibility index (Phi) is 6.42. The smallest absolute Gasteiger partial charge is 0.257 e. The molecular weight excluding hydrogens is 475 g/mol.